The Morgan fingerprint density at radius 1 is 1.53 bits per heavy atom. The summed E-state index contributed by atoms with van der Waals surface area (Å²) in [6, 6.07) is 3.66. The van der Waals surface area contributed by atoms with Crippen molar-refractivity contribution < 1.29 is 4.21 Å². The first-order valence-electron chi connectivity index (χ1n) is 5.15. The van der Waals surface area contributed by atoms with Crippen molar-refractivity contribution in [3.63, 3.8) is 0 Å². The molecule has 0 amide bonds. The number of hydrogen-bond acceptors (Lipinski definition) is 4. The zero-order valence-electron chi connectivity index (χ0n) is 8.77. The average Bonchev–Trinajstić information content (AvgIpc) is 2.71. The highest BCUT2D eigenvalue weighted by Gasteiger charge is 2.18. The molecule has 1 N–H and O–H groups in total. The van der Waals surface area contributed by atoms with E-state index in [1.54, 1.807) is 6.07 Å². The Hall–Kier alpha value is -0.810. The van der Waals surface area contributed by atoms with Crippen molar-refractivity contribution in [2.75, 3.05) is 18.8 Å². The summed E-state index contributed by atoms with van der Waals surface area (Å²) in [4.78, 5) is 0. The van der Waals surface area contributed by atoms with Gasteiger partial charge in [-0.05, 0) is 44.5 Å². The molecular weight excluding hydrogens is 210 g/mol. The normalized spacial score (nSPS) is 22.9. The lowest BCUT2D eigenvalue weighted by Crippen LogP contribution is -2.15. The fraction of sp³-hybridized carbons (Fsp3) is 0.600. The molecule has 2 heterocycles. The minimum atomic E-state index is -0.995. The zero-order chi connectivity index (χ0) is 10.7. The number of aromatic nitrogens is 2. The van der Waals surface area contributed by atoms with Crippen LogP contribution in [0.3, 0.4) is 0 Å². The number of nitrogens with zero attached hydrogens (tertiary/aromatic N) is 2. The summed E-state index contributed by atoms with van der Waals surface area (Å²) < 4.78 is 11.9. The van der Waals surface area contributed by atoms with Gasteiger partial charge in [-0.3, -0.25) is 4.21 Å². The van der Waals surface area contributed by atoms with Gasteiger partial charge in [0.05, 0.1) is 16.5 Å². The molecule has 5 heteroatoms. The van der Waals surface area contributed by atoms with Gasteiger partial charge in [-0.2, -0.15) is 5.10 Å². The molecule has 0 bridgehead atoms. The third-order valence-corrected chi connectivity index (χ3v) is 4.01. The maximum atomic E-state index is 11.9. The second-order valence-corrected chi connectivity index (χ2v) is 5.33. The molecule has 82 valence electrons. The van der Waals surface area contributed by atoms with Gasteiger partial charge in [0, 0.05) is 5.75 Å². The van der Waals surface area contributed by atoms with Gasteiger partial charge in [-0.25, -0.2) is 0 Å². The molecule has 1 aliphatic rings. The minimum absolute atomic E-state index is 0.522. The molecule has 2 atom stereocenters. The highest BCUT2D eigenvalue weighted by atomic mass is 32.2. The average molecular weight is 225 g/mol. The van der Waals surface area contributed by atoms with Gasteiger partial charge in [0.15, 0.2) is 0 Å². The SMILES string of the molecule is Cc1ccc([S@@](=O)C[C@H]2CCNC2)nn1. The molecular formula is C10H15N3OS. The highest BCUT2D eigenvalue weighted by Crippen LogP contribution is 2.12. The van der Waals surface area contributed by atoms with E-state index in [1.165, 1.54) is 0 Å². The Kier molecular flexibility index (Phi) is 3.43. The van der Waals surface area contributed by atoms with Crippen LogP contribution in [0.5, 0.6) is 0 Å². The first-order valence-corrected chi connectivity index (χ1v) is 6.47. The molecule has 1 aromatic heterocycles. The van der Waals surface area contributed by atoms with E-state index in [-0.39, 0.29) is 0 Å². The number of hydrogen-bond donors (Lipinski definition) is 1. The Morgan fingerprint density at radius 3 is 3.00 bits per heavy atom. The van der Waals surface area contributed by atoms with Crippen molar-refractivity contribution in [2.24, 2.45) is 5.92 Å². The molecule has 0 spiro atoms. The highest BCUT2D eigenvalue weighted by molar-refractivity contribution is 7.84. The van der Waals surface area contributed by atoms with Crippen molar-refractivity contribution in [1.29, 1.82) is 0 Å². The maximum absolute atomic E-state index is 11.9. The van der Waals surface area contributed by atoms with Crippen molar-refractivity contribution >= 4 is 10.8 Å². The lowest BCUT2D eigenvalue weighted by atomic mass is 10.2. The van der Waals surface area contributed by atoms with E-state index in [4.69, 9.17) is 0 Å². The standard InChI is InChI=1S/C10H15N3OS/c1-8-2-3-10(13-12-8)15(14)7-9-4-5-11-6-9/h2-3,9,11H,4-7H2,1H3/t9-,15-/m0/s1. The van der Waals surface area contributed by atoms with Gasteiger partial charge < -0.3 is 5.32 Å². The molecule has 1 fully saturated rings. The summed E-state index contributed by atoms with van der Waals surface area (Å²) in [5, 5.41) is 11.7. The Bertz CT molecular complexity index is 346. The van der Waals surface area contributed by atoms with E-state index in [1.807, 2.05) is 13.0 Å². The van der Waals surface area contributed by atoms with Crippen LogP contribution in [0.15, 0.2) is 17.2 Å². The van der Waals surface area contributed by atoms with Crippen LogP contribution < -0.4 is 5.32 Å². The predicted molar refractivity (Wildman–Crippen MR) is 59.0 cm³/mol. The predicted octanol–water partition coefficient (Wildman–Crippen LogP) is 0.502. The molecule has 0 saturated carbocycles. The molecule has 0 unspecified atom stereocenters. The van der Waals surface area contributed by atoms with Crippen LogP contribution in [0, 0.1) is 12.8 Å². The Morgan fingerprint density at radius 2 is 2.40 bits per heavy atom. The minimum Gasteiger partial charge on any atom is -0.316 e. The summed E-state index contributed by atoms with van der Waals surface area (Å²) in [7, 11) is -0.995. The number of aryl methyl sites for hydroxylation is 1. The smallest absolute Gasteiger partial charge is 0.149 e. The molecule has 1 aromatic rings. The van der Waals surface area contributed by atoms with Crippen LogP contribution in [-0.2, 0) is 10.8 Å². The van der Waals surface area contributed by atoms with Gasteiger partial charge in [-0.15, -0.1) is 5.10 Å². The van der Waals surface area contributed by atoms with Crippen molar-refractivity contribution in [2.45, 2.75) is 18.4 Å². The van der Waals surface area contributed by atoms with Gasteiger partial charge in [-0.1, -0.05) is 0 Å². The molecule has 4 nitrogen and oxygen atoms in total. The topological polar surface area (TPSA) is 54.9 Å². The number of rotatable bonds is 3. The third-order valence-electron chi connectivity index (χ3n) is 2.56. The van der Waals surface area contributed by atoms with E-state index >= 15 is 0 Å². The van der Waals surface area contributed by atoms with Crippen LogP contribution in [0.4, 0.5) is 0 Å². The van der Waals surface area contributed by atoms with Crippen LogP contribution >= 0.6 is 0 Å². The molecule has 0 radical (unpaired) electrons. The van der Waals surface area contributed by atoms with Crippen molar-refractivity contribution in [3.05, 3.63) is 17.8 Å². The first-order chi connectivity index (χ1) is 7.25. The second kappa shape index (κ2) is 4.81. The molecule has 1 saturated heterocycles. The Labute approximate surface area is 91.9 Å². The van der Waals surface area contributed by atoms with Crippen LogP contribution in [-0.4, -0.2) is 33.2 Å². The molecule has 0 aliphatic carbocycles. The Balaban J connectivity index is 1.98. The first kappa shape index (κ1) is 10.7. The molecule has 0 aromatic carbocycles. The third kappa shape index (κ3) is 2.82. The molecule has 2 rings (SSSR count). The van der Waals surface area contributed by atoms with Crippen LogP contribution in [0.25, 0.3) is 0 Å². The van der Waals surface area contributed by atoms with E-state index < -0.39 is 10.8 Å². The van der Waals surface area contributed by atoms with Gasteiger partial charge in [0.25, 0.3) is 0 Å². The summed E-state index contributed by atoms with van der Waals surface area (Å²) in [6.07, 6.45) is 1.12. The van der Waals surface area contributed by atoms with Gasteiger partial charge in [0.2, 0.25) is 0 Å². The second-order valence-electron chi connectivity index (χ2n) is 3.88. The molecule has 1 aliphatic heterocycles. The number of nitrogens with one attached hydrogen (secondary N) is 1. The summed E-state index contributed by atoms with van der Waals surface area (Å²) >= 11 is 0. The fourth-order valence-corrected chi connectivity index (χ4v) is 2.90. The van der Waals surface area contributed by atoms with Gasteiger partial charge >= 0.3 is 0 Å². The summed E-state index contributed by atoms with van der Waals surface area (Å²) in [5.41, 5.74) is 0.860. The van der Waals surface area contributed by atoms with E-state index in [9.17, 15) is 4.21 Å². The quantitative estimate of drug-likeness (QED) is 0.814. The lowest BCUT2D eigenvalue weighted by Gasteiger charge is -2.06. The molecule has 15 heavy (non-hydrogen) atoms. The van der Waals surface area contributed by atoms with Crippen LogP contribution in [0.2, 0.25) is 0 Å². The van der Waals surface area contributed by atoms with E-state index in [0.717, 1.165) is 25.2 Å². The van der Waals surface area contributed by atoms with Crippen molar-refractivity contribution in [3.8, 4) is 0 Å². The summed E-state index contributed by atoms with van der Waals surface area (Å²) in [6.45, 7) is 3.90. The van der Waals surface area contributed by atoms with Crippen LogP contribution in [0.1, 0.15) is 12.1 Å². The van der Waals surface area contributed by atoms with Gasteiger partial charge in [0.1, 0.15) is 5.03 Å². The lowest BCUT2D eigenvalue weighted by molar-refractivity contribution is 0.629. The van der Waals surface area contributed by atoms with Crippen molar-refractivity contribution in [1.82, 2.24) is 15.5 Å². The monoisotopic (exact) mass is 225 g/mol. The largest absolute Gasteiger partial charge is 0.316 e. The van der Waals surface area contributed by atoms with E-state index in [0.29, 0.717) is 16.7 Å². The zero-order valence-corrected chi connectivity index (χ0v) is 9.59. The summed E-state index contributed by atoms with van der Waals surface area (Å²) in [5.74, 6) is 1.22. The van der Waals surface area contributed by atoms with E-state index in [2.05, 4.69) is 15.5 Å². The fourth-order valence-electron chi connectivity index (χ4n) is 1.66. The maximum Gasteiger partial charge on any atom is 0.149 e.